The van der Waals surface area contributed by atoms with E-state index in [2.05, 4.69) is 248 Å². The molecule has 10 aromatic carbocycles. The standard InChI is InChI=1S/C68H58O3/c1-46-7-18-52(19-8-46)56-42-57(53-20-9-47(2)10-21-53)44-58(43-56)54-22-16-51(17-23-54)41-55-45-67(34-15-50(55)5)71-66-39-28-61(29-40-66)68(6,59-24-35-64(36-25-59)69-62-30-11-48(3)12-31-62)60-26-37-65(38-27-60)70-63-32-13-49(4)14-33-63/h7-40,42-45H,41H2,1-6H3. The zero-order valence-electron chi connectivity index (χ0n) is 41.4. The molecule has 0 amide bonds. The summed E-state index contributed by atoms with van der Waals surface area (Å²) in [5.41, 5.74) is 18.7. The molecule has 3 heteroatoms. The van der Waals surface area contributed by atoms with Crippen LogP contribution in [-0.2, 0) is 11.8 Å². The quantitative estimate of drug-likeness (QED) is 0.102. The van der Waals surface area contributed by atoms with Crippen LogP contribution in [0.3, 0.4) is 0 Å². The maximum Gasteiger partial charge on any atom is 0.127 e. The van der Waals surface area contributed by atoms with E-state index in [1.807, 2.05) is 24.3 Å². The average molecular weight is 923 g/mol. The molecule has 0 N–H and O–H groups in total. The van der Waals surface area contributed by atoms with Gasteiger partial charge in [0.1, 0.15) is 34.5 Å². The third-order valence-electron chi connectivity index (χ3n) is 13.7. The zero-order valence-corrected chi connectivity index (χ0v) is 41.4. The first-order valence-corrected chi connectivity index (χ1v) is 24.5. The lowest BCUT2D eigenvalue weighted by Gasteiger charge is -2.32. The molecular formula is C68H58O3. The molecule has 0 heterocycles. The summed E-state index contributed by atoms with van der Waals surface area (Å²) in [6, 6.07) is 81.7. The molecule has 0 bridgehead atoms. The summed E-state index contributed by atoms with van der Waals surface area (Å²) in [5, 5.41) is 0. The Kier molecular flexibility index (Phi) is 13.2. The van der Waals surface area contributed by atoms with E-state index in [1.165, 1.54) is 72.3 Å². The zero-order chi connectivity index (χ0) is 48.9. The van der Waals surface area contributed by atoms with E-state index in [4.69, 9.17) is 14.2 Å². The largest absolute Gasteiger partial charge is 0.457 e. The van der Waals surface area contributed by atoms with E-state index in [1.54, 1.807) is 0 Å². The molecule has 0 unspecified atom stereocenters. The van der Waals surface area contributed by atoms with Gasteiger partial charge in [0.25, 0.3) is 0 Å². The van der Waals surface area contributed by atoms with E-state index in [-0.39, 0.29) is 0 Å². The molecule has 0 aliphatic carbocycles. The molecule has 348 valence electrons. The molecule has 0 radical (unpaired) electrons. The number of hydrogen-bond acceptors (Lipinski definition) is 3. The van der Waals surface area contributed by atoms with E-state index in [0.717, 1.165) is 57.6 Å². The predicted octanol–water partition coefficient (Wildman–Crippen LogP) is 18.6. The smallest absolute Gasteiger partial charge is 0.127 e. The van der Waals surface area contributed by atoms with Gasteiger partial charge in [-0.05, 0) is 206 Å². The van der Waals surface area contributed by atoms with E-state index in [0.29, 0.717) is 0 Å². The second-order valence-electron chi connectivity index (χ2n) is 19.1. The highest BCUT2D eigenvalue weighted by atomic mass is 16.5. The minimum absolute atomic E-state index is 0.511. The van der Waals surface area contributed by atoms with Crippen LogP contribution in [0.25, 0.3) is 33.4 Å². The highest BCUT2D eigenvalue weighted by molar-refractivity contribution is 5.81. The van der Waals surface area contributed by atoms with Crippen molar-refractivity contribution in [3.63, 3.8) is 0 Å². The van der Waals surface area contributed by atoms with Gasteiger partial charge in [0.2, 0.25) is 0 Å². The Morgan fingerprint density at radius 3 is 0.915 bits per heavy atom. The van der Waals surface area contributed by atoms with Crippen molar-refractivity contribution in [2.45, 2.75) is 53.4 Å². The summed E-state index contributed by atoms with van der Waals surface area (Å²) >= 11 is 0. The third-order valence-corrected chi connectivity index (χ3v) is 13.7. The molecule has 0 aromatic heterocycles. The lowest BCUT2D eigenvalue weighted by molar-refractivity contribution is 0.481. The Balaban J connectivity index is 0.881. The van der Waals surface area contributed by atoms with Gasteiger partial charge in [-0.15, -0.1) is 0 Å². The predicted molar refractivity (Wildman–Crippen MR) is 294 cm³/mol. The molecule has 0 atom stereocenters. The van der Waals surface area contributed by atoms with Crippen molar-refractivity contribution in [1.82, 2.24) is 0 Å². The monoisotopic (exact) mass is 922 g/mol. The lowest BCUT2D eigenvalue weighted by atomic mass is 9.71. The SMILES string of the molecule is Cc1ccc(Oc2ccc(C(C)(c3ccc(Oc4ccc(C)cc4)cc3)c3ccc(Oc4ccc(C)c(Cc5ccc(-c6cc(-c7ccc(C)cc7)cc(-c7ccc(C)cc7)c6)cc5)c4)cc3)cc2)cc1. The fourth-order valence-electron chi connectivity index (χ4n) is 9.25. The maximum atomic E-state index is 6.60. The van der Waals surface area contributed by atoms with Crippen molar-refractivity contribution in [1.29, 1.82) is 0 Å². The molecule has 3 nitrogen and oxygen atoms in total. The molecule has 0 fully saturated rings. The Bertz CT molecular complexity index is 3230. The summed E-state index contributed by atoms with van der Waals surface area (Å²) in [4.78, 5) is 0. The van der Waals surface area contributed by atoms with Crippen LogP contribution in [0.4, 0.5) is 0 Å². The molecule has 0 saturated heterocycles. The molecule has 0 spiro atoms. The topological polar surface area (TPSA) is 27.7 Å². The fraction of sp³-hybridized carbons (Fsp3) is 0.118. The third kappa shape index (κ3) is 10.8. The van der Waals surface area contributed by atoms with Gasteiger partial charge in [0, 0.05) is 5.41 Å². The first-order valence-electron chi connectivity index (χ1n) is 24.5. The van der Waals surface area contributed by atoms with Gasteiger partial charge in [-0.25, -0.2) is 0 Å². The van der Waals surface area contributed by atoms with Crippen LogP contribution in [0.1, 0.15) is 62.6 Å². The van der Waals surface area contributed by atoms with Gasteiger partial charge in [-0.3, -0.25) is 0 Å². The molecule has 0 aliphatic rings. The Morgan fingerprint density at radius 1 is 0.282 bits per heavy atom. The average Bonchev–Trinajstić information content (AvgIpc) is 3.39. The Morgan fingerprint density at radius 2 is 0.563 bits per heavy atom. The van der Waals surface area contributed by atoms with Crippen LogP contribution >= 0.6 is 0 Å². The minimum Gasteiger partial charge on any atom is -0.457 e. The van der Waals surface area contributed by atoms with Crippen LogP contribution in [-0.4, -0.2) is 0 Å². The normalized spacial score (nSPS) is 11.3. The van der Waals surface area contributed by atoms with Gasteiger partial charge in [0.05, 0.1) is 0 Å². The lowest BCUT2D eigenvalue weighted by Crippen LogP contribution is -2.25. The van der Waals surface area contributed by atoms with Crippen LogP contribution in [0.2, 0.25) is 0 Å². The van der Waals surface area contributed by atoms with Crippen LogP contribution in [0.15, 0.2) is 231 Å². The van der Waals surface area contributed by atoms with E-state index in [9.17, 15) is 0 Å². The number of hydrogen-bond donors (Lipinski definition) is 0. The number of rotatable bonds is 14. The van der Waals surface area contributed by atoms with Crippen molar-refractivity contribution < 1.29 is 14.2 Å². The van der Waals surface area contributed by atoms with E-state index >= 15 is 0 Å². The summed E-state index contributed by atoms with van der Waals surface area (Å²) in [5.74, 6) is 4.77. The molecular weight excluding hydrogens is 865 g/mol. The van der Waals surface area contributed by atoms with Gasteiger partial charge in [-0.2, -0.15) is 0 Å². The minimum atomic E-state index is -0.511. The van der Waals surface area contributed by atoms with Crippen LogP contribution in [0.5, 0.6) is 34.5 Å². The van der Waals surface area contributed by atoms with E-state index < -0.39 is 5.41 Å². The summed E-state index contributed by atoms with van der Waals surface area (Å²) in [7, 11) is 0. The van der Waals surface area contributed by atoms with Gasteiger partial charge < -0.3 is 14.2 Å². The fourth-order valence-corrected chi connectivity index (χ4v) is 9.25. The van der Waals surface area contributed by atoms with Crippen molar-refractivity contribution in [3.05, 3.63) is 286 Å². The Labute approximate surface area is 419 Å². The van der Waals surface area contributed by atoms with Gasteiger partial charge in [0.15, 0.2) is 0 Å². The van der Waals surface area contributed by atoms with Gasteiger partial charge >= 0.3 is 0 Å². The summed E-state index contributed by atoms with van der Waals surface area (Å²) < 4.78 is 19.1. The molecule has 10 aromatic rings. The number of ether oxygens (including phenoxy) is 3. The molecule has 0 saturated carbocycles. The maximum absolute atomic E-state index is 6.60. The van der Waals surface area contributed by atoms with Crippen molar-refractivity contribution in [3.8, 4) is 67.9 Å². The number of aryl methyl sites for hydroxylation is 5. The molecule has 71 heavy (non-hydrogen) atoms. The first-order chi connectivity index (χ1) is 34.5. The second kappa shape index (κ2) is 20.3. The van der Waals surface area contributed by atoms with Crippen LogP contribution < -0.4 is 14.2 Å². The van der Waals surface area contributed by atoms with Crippen molar-refractivity contribution in [2.75, 3.05) is 0 Å². The highest BCUT2D eigenvalue weighted by Crippen LogP contribution is 2.42. The van der Waals surface area contributed by atoms with Crippen molar-refractivity contribution >= 4 is 0 Å². The Hall–Kier alpha value is -8.40. The van der Waals surface area contributed by atoms with Crippen molar-refractivity contribution in [2.24, 2.45) is 0 Å². The first kappa shape index (κ1) is 46.3. The van der Waals surface area contributed by atoms with Gasteiger partial charge in [-0.1, -0.05) is 162 Å². The molecule has 10 rings (SSSR count). The summed E-state index contributed by atoms with van der Waals surface area (Å²) in [6.07, 6.45) is 0.794. The molecule has 0 aliphatic heterocycles. The highest BCUT2D eigenvalue weighted by Gasteiger charge is 2.31. The van der Waals surface area contributed by atoms with Crippen LogP contribution in [0, 0.1) is 34.6 Å². The second-order valence-corrected chi connectivity index (χ2v) is 19.1. The number of benzene rings is 10. The summed E-state index contributed by atoms with van der Waals surface area (Å²) in [6.45, 7) is 12.9.